The Morgan fingerprint density at radius 3 is 2.44 bits per heavy atom. The number of rotatable bonds is 7. The van der Waals surface area contributed by atoms with Gasteiger partial charge >= 0.3 is 0 Å². The van der Waals surface area contributed by atoms with E-state index in [0.717, 1.165) is 30.7 Å². The van der Waals surface area contributed by atoms with Gasteiger partial charge in [0.2, 0.25) is 0 Å². The van der Waals surface area contributed by atoms with Crippen molar-refractivity contribution in [3.63, 3.8) is 0 Å². The van der Waals surface area contributed by atoms with Crippen molar-refractivity contribution < 1.29 is 9.41 Å². The van der Waals surface area contributed by atoms with E-state index >= 15 is 0 Å². The highest BCUT2D eigenvalue weighted by Crippen LogP contribution is 2.22. The third kappa shape index (κ3) is 3.70. The number of benzene rings is 1. The number of nitrogens with zero attached hydrogens (tertiary/aromatic N) is 2. The van der Waals surface area contributed by atoms with Crippen LogP contribution >= 0.6 is 0 Å². The Bertz CT molecular complexity index is 403. The maximum absolute atomic E-state index is 10.9. The van der Waals surface area contributed by atoms with E-state index in [1.807, 2.05) is 6.07 Å². The number of quaternary nitrogens is 1. The van der Waals surface area contributed by atoms with Crippen LogP contribution in [0.2, 0.25) is 0 Å². The molecule has 0 saturated heterocycles. The van der Waals surface area contributed by atoms with Crippen molar-refractivity contribution in [1.29, 1.82) is 0 Å². The molecular formula is C13H22N3O2+. The minimum Gasteiger partial charge on any atom is -0.374 e. The summed E-state index contributed by atoms with van der Waals surface area (Å²) in [6, 6.07) is 6.76. The zero-order chi connectivity index (χ0) is 13.6. The fourth-order valence-electron chi connectivity index (χ4n) is 1.78. The van der Waals surface area contributed by atoms with Gasteiger partial charge in [0.25, 0.3) is 5.69 Å². The third-order valence-electron chi connectivity index (χ3n) is 3.59. The first-order valence-electron chi connectivity index (χ1n) is 6.33. The quantitative estimate of drug-likeness (QED) is 0.461. The predicted octanol–water partition coefficient (Wildman–Crippen LogP) is 2.49. The highest BCUT2D eigenvalue weighted by molar-refractivity contribution is 5.60. The molecule has 0 radical (unpaired) electrons. The molecule has 1 aromatic rings. The Kier molecular flexibility index (Phi) is 5.09. The number of anilines is 1. The molecule has 0 aliphatic rings. The fraction of sp³-hybridized carbons (Fsp3) is 0.538. The van der Waals surface area contributed by atoms with E-state index in [-0.39, 0.29) is 10.6 Å². The molecule has 1 rings (SSSR count). The van der Waals surface area contributed by atoms with Crippen LogP contribution in [0.25, 0.3) is 0 Å². The van der Waals surface area contributed by atoms with Crippen LogP contribution in [0.1, 0.15) is 13.8 Å². The van der Waals surface area contributed by atoms with Gasteiger partial charge < -0.3 is 9.80 Å². The minimum atomic E-state index is -0.351. The molecule has 5 heteroatoms. The maximum atomic E-state index is 10.9. The molecule has 0 atom stereocenters. The van der Waals surface area contributed by atoms with Crippen LogP contribution in [-0.4, -0.2) is 42.6 Å². The normalized spacial score (nSPS) is 11.3. The van der Waals surface area contributed by atoms with Gasteiger partial charge in [-0.1, -0.05) is 12.1 Å². The number of para-hydroxylation sites is 2. The van der Waals surface area contributed by atoms with Crippen LogP contribution in [0, 0.1) is 10.1 Å². The molecule has 1 aromatic carbocycles. The van der Waals surface area contributed by atoms with Crippen LogP contribution in [0.3, 0.4) is 0 Å². The van der Waals surface area contributed by atoms with Gasteiger partial charge in [0.15, 0.2) is 0 Å². The summed E-state index contributed by atoms with van der Waals surface area (Å²) in [4.78, 5) is 10.5. The lowest BCUT2D eigenvalue weighted by atomic mass is 10.2. The van der Waals surface area contributed by atoms with E-state index in [9.17, 15) is 10.1 Å². The summed E-state index contributed by atoms with van der Waals surface area (Å²) < 4.78 is 0.966. The van der Waals surface area contributed by atoms with Gasteiger partial charge in [0, 0.05) is 6.07 Å². The molecule has 100 valence electrons. The topological polar surface area (TPSA) is 55.2 Å². The molecule has 0 unspecified atom stereocenters. The van der Waals surface area contributed by atoms with Gasteiger partial charge in [0.1, 0.15) is 5.69 Å². The number of nitro groups is 1. The Balaban J connectivity index is 2.62. The van der Waals surface area contributed by atoms with Gasteiger partial charge in [-0.25, -0.2) is 0 Å². The molecule has 0 bridgehead atoms. The first kappa shape index (κ1) is 14.4. The number of likely N-dealkylation sites (N-methyl/N-ethyl adjacent to an activating group) is 1. The van der Waals surface area contributed by atoms with Crippen molar-refractivity contribution in [1.82, 2.24) is 0 Å². The van der Waals surface area contributed by atoms with Gasteiger partial charge in [0.05, 0.1) is 38.2 Å². The molecule has 18 heavy (non-hydrogen) atoms. The van der Waals surface area contributed by atoms with Gasteiger partial charge in [-0.05, 0) is 19.9 Å². The highest BCUT2D eigenvalue weighted by Gasteiger charge is 2.17. The average molecular weight is 252 g/mol. The Labute approximate surface area is 108 Å². The van der Waals surface area contributed by atoms with Crippen LogP contribution in [0.4, 0.5) is 11.4 Å². The molecular weight excluding hydrogens is 230 g/mol. The van der Waals surface area contributed by atoms with Crippen molar-refractivity contribution >= 4 is 11.4 Å². The summed E-state index contributed by atoms with van der Waals surface area (Å²) in [6.07, 6.45) is 0. The second-order valence-electron chi connectivity index (χ2n) is 4.68. The van der Waals surface area contributed by atoms with Crippen LogP contribution in [0.15, 0.2) is 24.3 Å². The molecule has 0 amide bonds. The lowest BCUT2D eigenvalue weighted by Gasteiger charge is -2.32. The highest BCUT2D eigenvalue weighted by atomic mass is 16.6. The van der Waals surface area contributed by atoms with Crippen LogP contribution in [-0.2, 0) is 0 Å². The number of hydrogen-bond acceptors (Lipinski definition) is 3. The number of hydrogen-bond donors (Lipinski definition) is 1. The first-order valence-corrected chi connectivity index (χ1v) is 6.33. The van der Waals surface area contributed by atoms with Crippen molar-refractivity contribution in [3.8, 4) is 0 Å². The monoisotopic (exact) mass is 252 g/mol. The standard InChI is InChI=1S/C13H22N3O2/c1-4-16(3,5-2)11-10-14-12-8-6-7-9-13(12)15(17)18/h6-9,14H,4-5,10-11H2,1-3H3/q+1. The van der Waals surface area contributed by atoms with Crippen molar-refractivity contribution in [3.05, 3.63) is 34.4 Å². The van der Waals surface area contributed by atoms with Gasteiger partial charge in [-0.3, -0.25) is 10.1 Å². The predicted molar refractivity (Wildman–Crippen MR) is 73.7 cm³/mol. The van der Waals surface area contributed by atoms with E-state index < -0.39 is 0 Å². The smallest absolute Gasteiger partial charge is 0.292 e. The Morgan fingerprint density at radius 2 is 1.89 bits per heavy atom. The summed E-state index contributed by atoms with van der Waals surface area (Å²) in [6.45, 7) is 8.15. The molecule has 0 spiro atoms. The summed E-state index contributed by atoms with van der Waals surface area (Å²) in [7, 11) is 2.20. The molecule has 0 saturated carbocycles. The lowest BCUT2D eigenvalue weighted by Crippen LogP contribution is -2.46. The van der Waals surface area contributed by atoms with E-state index in [2.05, 4.69) is 26.2 Å². The number of nitrogens with one attached hydrogen (secondary N) is 1. The average Bonchev–Trinajstić information content (AvgIpc) is 2.39. The minimum absolute atomic E-state index is 0.139. The lowest BCUT2D eigenvalue weighted by molar-refractivity contribution is -0.904. The second kappa shape index (κ2) is 6.35. The molecule has 0 aliphatic heterocycles. The summed E-state index contributed by atoms with van der Waals surface area (Å²) in [5.74, 6) is 0. The second-order valence-corrected chi connectivity index (χ2v) is 4.68. The SMILES string of the molecule is CC[N+](C)(CC)CCNc1ccccc1[N+](=O)[O-]. The Morgan fingerprint density at radius 1 is 1.28 bits per heavy atom. The van der Waals surface area contributed by atoms with Crippen molar-refractivity contribution in [2.45, 2.75) is 13.8 Å². The summed E-state index contributed by atoms with van der Waals surface area (Å²) in [5.41, 5.74) is 0.737. The van der Waals surface area contributed by atoms with E-state index in [1.54, 1.807) is 12.1 Å². The van der Waals surface area contributed by atoms with E-state index in [0.29, 0.717) is 5.69 Å². The summed E-state index contributed by atoms with van der Waals surface area (Å²) in [5, 5.41) is 14.0. The summed E-state index contributed by atoms with van der Waals surface area (Å²) >= 11 is 0. The van der Waals surface area contributed by atoms with Gasteiger partial charge in [-0.2, -0.15) is 0 Å². The van der Waals surface area contributed by atoms with Crippen LogP contribution in [0.5, 0.6) is 0 Å². The molecule has 0 heterocycles. The van der Waals surface area contributed by atoms with Crippen molar-refractivity contribution in [2.75, 3.05) is 38.5 Å². The van der Waals surface area contributed by atoms with E-state index in [1.165, 1.54) is 6.07 Å². The van der Waals surface area contributed by atoms with Crippen molar-refractivity contribution in [2.24, 2.45) is 0 Å². The number of nitro benzene ring substituents is 1. The molecule has 0 fully saturated rings. The first-order chi connectivity index (χ1) is 8.52. The van der Waals surface area contributed by atoms with E-state index in [4.69, 9.17) is 0 Å². The van der Waals surface area contributed by atoms with Crippen LogP contribution < -0.4 is 5.32 Å². The molecule has 1 N–H and O–H groups in total. The maximum Gasteiger partial charge on any atom is 0.292 e. The largest absolute Gasteiger partial charge is 0.374 e. The zero-order valence-corrected chi connectivity index (χ0v) is 11.3. The van der Waals surface area contributed by atoms with Gasteiger partial charge in [-0.15, -0.1) is 0 Å². The zero-order valence-electron chi connectivity index (χ0n) is 11.3. The molecule has 0 aliphatic carbocycles. The third-order valence-corrected chi connectivity index (χ3v) is 3.59. The molecule has 0 aromatic heterocycles. The molecule has 5 nitrogen and oxygen atoms in total. The fourth-order valence-corrected chi connectivity index (χ4v) is 1.78. The Hall–Kier alpha value is -1.62.